The minimum atomic E-state index is -4.03. The Balaban J connectivity index is 1.92. The molecular weight excluding hydrogens is 345 g/mol. The van der Waals surface area contributed by atoms with Gasteiger partial charge in [-0.25, -0.2) is 0 Å². The fourth-order valence-electron chi connectivity index (χ4n) is 3.11. The van der Waals surface area contributed by atoms with E-state index in [4.69, 9.17) is 0 Å². The minimum absolute atomic E-state index is 0.188. The molecular formula is C15H20BrF3N2. The number of halogens is 4. The van der Waals surface area contributed by atoms with E-state index in [1.165, 1.54) is 0 Å². The van der Waals surface area contributed by atoms with Crippen LogP contribution in [0, 0.1) is 11.8 Å². The van der Waals surface area contributed by atoms with Crippen molar-refractivity contribution < 1.29 is 13.2 Å². The Kier molecular flexibility index (Phi) is 5.66. The van der Waals surface area contributed by atoms with Crippen molar-refractivity contribution in [1.29, 1.82) is 0 Å². The van der Waals surface area contributed by atoms with E-state index in [2.05, 4.69) is 26.2 Å². The Bertz CT molecular complexity index is 439. The predicted molar refractivity (Wildman–Crippen MR) is 80.0 cm³/mol. The van der Waals surface area contributed by atoms with Crippen LogP contribution in [-0.4, -0.2) is 24.2 Å². The molecule has 2 nitrogen and oxygen atoms in total. The Morgan fingerprint density at radius 2 is 1.95 bits per heavy atom. The molecule has 118 valence electrons. The molecule has 1 aliphatic rings. The van der Waals surface area contributed by atoms with Gasteiger partial charge in [-0.3, -0.25) is 4.98 Å². The van der Waals surface area contributed by atoms with E-state index in [-0.39, 0.29) is 18.9 Å². The highest BCUT2D eigenvalue weighted by Gasteiger charge is 2.42. The van der Waals surface area contributed by atoms with Crippen LogP contribution in [0.1, 0.15) is 31.4 Å². The minimum Gasteiger partial charge on any atom is -0.316 e. The summed E-state index contributed by atoms with van der Waals surface area (Å²) in [6, 6.07) is 4.08. The third-order valence-corrected chi connectivity index (χ3v) is 4.86. The van der Waals surface area contributed by atoms with Crippen LogP contribution in [0.15, 0.2) is 22.8 Å². The zero-order valence-electron chi connectivity index (χ0n) is 12.0. The lowest BCUT2D eigenvalue weighted by molar-refractivity contribution is -0.184. The second-order valence-corrected chi connectivity index (χ2v) is 6.64. The number of likely N-dealkylation sites (N-methyl/N-ethyl adjacent to an activating group) is 1. The lowest BCUT2D eigenvalue weighted by Crippen LogP contribution is -2.39. The summed E-state index contributed by atoms with van der Waals surface area (Å²) in [5.41, 5.74) is 0.968. The van der Waals surface area contributed by atoms with Gasteiger partial charge in [0.2, 0.25) is 0 Å². The van der Waals surface area contributed by atoms with E-state index in [0.29, 0.717) is 18.8 Å². The van der Waals surface area contributed by atoms with Crippen LogP contribution in [0.4, 0.5) is 13.2 Å². The number of rotatable bonds is 4. The standard InChI is InChI=1S/C15H20BrF3N2/c1-20-14(8-13-7-6-12(16)9-21-13)10-2-4-11(5-3-10)15(17,18)19/h6-7,9-11,14,20H,2-5,8H2,1H3. The summed E-state index contributed by atoms with van der Waals surface area (Å²) in [4.78, 5) is 4.35. The monoisotopic (exact) mass is 364 g/mol. The molecule has 2 rings (SSSR count). The zero-order chi connectivity index (χ0) is 15.5. The molecule has 1 unspecified atom stereocenters. The van der Waals surface area contributed by atoms with Gasteiger partial charge in [-0.15, -0.1) is 0 Å². The van der Waals surface area contributed by atoms with E-state index in [1.54, 1.807) is 6.20 Å². The van der Waals surface area contributed by atoms with E-state index < -0.39 is 12.1 Å². The predicted octanol–water partition coefficient (Wildman–Crippen LogP) is 4.34. The molecule has 1 saturated carbocycles. The molecule has 0 aromatic carbocycles. The number of aromatic nitrogens is 1. The average Bonchev–Trinajstić information content (AvgIpc) is 2.46. The zero-order valence-corrected chi connectivity index (χ0v) is 13.5. The molecule has 0 saturated heterocycles. The molecule has 1 aromatic rings. The molecule has 1 aromatic heterocycles. The third-order valence-electron chi connectivity index (χ3n) is 4.39. The first-order valence-corrected chi connectivity index (χ1v) is 8.04. The molecule has 0 aliphatic heterocycles. The normalized spacial score (nSPS) is 24.8. The van der Waals surface area contributed by atoms with Crippen molar-refractivity contribution in [2.75, 3.05) is 7.05 Å². The molecule has 1 aliphatic carbocycles. The van der Waals surface area contributed by atoms with Gasteiger partial charge < -0.3 is 5.32 Å². The van der Waals surface area contributed by atoms with E-state index in [9.17, 15) is 13.2 Å². The number of hydrogen-bond acceptors (Lipinski definition) is 2. The summed E-state index contributed by atoms with van der Waals surface area (Å²) >= 11 is 3.35. The molecule has 6 heteroatoms. The maximum atomic E-state index is 12.7. The number of hydrogen-bond donors (Lipinski definition) is 1. The molecule has 1 heterocycles. The largest absolute Gasteiger partial charge is 0.391 e. The van der Waals surface area contributed by atoms with Crippen molar-refractivity contribution in [1.82, 2.24) is 10.3 Å². The summed E-state index contributed by atoms with van der Waals surface area (Å²) < 4.78 is 39.0. The van der Waals surface area contributed by atoms with Gasteiger partial charge in [0, 0.05) is 28.8 Å². The summed E-state index contributed by atoms with van der Waals surface area (Å²) in [6.45, 7) is 0. The van der Waals surface area contributed by atoms with Crippen molar-refractivity contribution in [3.63, 3.8) is 0 Å². The Morgan fingerprint density at radius 3 is 2.43 bits per heavy atom. The number of alkyl halides is 3. The van der Waals surface area contributed by atoms with E-state index in [0.717, 1.165) is 16.6 Å². The number of pyridine rings is 1. The van der Waals surface area contributed by atoms with E-state index >= 15 is 0 Å². The fraction of sp³-hybridized carbons (Fsp3) is 0.667. The summed E-state index contributed by atoms with van der Waals surface area (Å²) in [7, 11) is 1.87. The van der Waals surface area contributed by atoms with Crippen molar-refractivity contribution in [3.8, 4) is 0 Å². The van der Waals surface area contributed by atoms with Crippen molar-refractivity contribution in [2.45, 2.75) is 44.3 Å². The van der Waals surface area contributed by atoms with Crippen LogP contribution in [0.5, 0.6) is 0 Å². The van der Waals surface area contributed by atoms with Gasteiger partial charge >= 0.3 is 6.18 Å². The van der Waals surface area contributed by atoms with Gasteiger partial charge in [-0.2, -0.15) is 13.2 Å². The topological polar surface area (TPSA) is 24.9 Å². The maximum Gasteiger partial charge on any atom is 0.391 e. The Labute approximate surface area is 131 Å². The molecule has 1 atom stereocenters. The highest BCUT2D eigenvalue weighted by atomic mass is 79.9. The van der Waals surface area contributed by atoms with Gasteiger partial charge in [-0.05, 0) is 66.7 Å². The summed E-state index contributed by atoms with van der Waals surface area (Å²) in [5, 5.41) is 3.26. The second-order valence-electron chi connectivity index (χ2n) is 5.72. The van der Waals surface area contributed by atoms with Crippen LogP contribution in [-0.2, 0) is 6.42 Å². The molecule has 0 amide bonds. The number of nitrogens with one attached hydrogen (secondary N) is 1. The first-order valence-electron chi connectivity index (χ1n) is 7.24. The molecule has 1 N–H and O–H groups in total. The Morgan fingerprint density at radius 1 is 1.29 bits per heavy atom. The molecule has 0 bridgehead atoms. The van der Waals surface area contributed by atoms with Gasteiger partial charge in [0.05, 0.1) is 5.92 Å². The SMILES string of the molecule is CNC(Cc1ccc(Br)cn1)C1CCC(C(F)(F)F)CC1. The van der Waals surface area contributed by atoms with Crippen molar-refractivity contribution >= 4 is 15.9 Å². The first-order chi connectivity index (χ1) is 9.90. The lowest BCUT2D eigenvalue weighted by atomic mass is 9.77. The van der Waals surface area contributed by atoms with Crippen LogP contribution in [0.3, 0.4) is 0 Å². The van der Waals surface area contributed by atoms with Crippen molar-refractivity contribution in [3.05, 3.63) is 28.5 Å². The smallest absolute Gasteiger partial charge is 0.316 e. The highest BCUT2D eigenvalue weighted by Crippen LogP contribution is 2.40. The fourth-order valence-corrected chi connectivity index (χ4v) is 3.34. The molecule has 1 fully saturated rings. The second kappa shape index (κ2) is 7.09. The molecule has 21 heavy (non-hydrogen) atoms. The van der Waals surface area contributed by atoms with Gasteiger partial charge in [-0.1, -0.05) is 0 Å². The van der Waals surface area contributed by atoms with Crippen LogP contribution in [0.25, 0.3) is 0 Å². The quantitative estimate of drug-likeness (QED) is 0.859. The average molecular weight is 365 g/mol. The molecule has 0 spiro atoms. The Hall–Kier alpha value is -0.620. The number of nitrogens with zero attached hydrogens (tertiary/aromatic N) is 1. The van der Waals surface area contributed by atoms with Crippen LogP contribution >= 0.6 is 15.9 Å². The maximum absolute atomic E-state index is 12.7. The highest BCUT2D eigenvalue weighted by molar-refractivity contribution is 9.10. The van der Waals surface area contributed by atoms with Crippen molar-refractivity contribution in [2.24, 2.45) is 11.8 Å². The lowest BCUT2D eigenvalue weighted by Gasteiger charge is -2.34. The first kappa shape index (κ1) is 16.7. The van der Waals surface area contributed by atoms with Gasteiger partial charge in [0.25, 0.3) is 0 Å². The van der Waals surface area contributed by atoms with Crippen LogP contribution in [0.2, 0.25) is 0 Å². The van der Waals surface area contributed by atoms with Gasteiger partial charge in [0.15, 0.2) is 0 Å². The molecule has 0 radical (unpaired) electrons. The third kappa shape index (κ3) is 4.68. The van der Waals surface area contributed by atoms with Gasteiger partial charge in [0.1, 0.15) is 0 Å². The van der Waals surface area contributed by atoms with E-state index in [1.807, 2.05) is 19.2 Å². The summed E-state index contributed by atoms with van der Waals surface area (Å²) in [6.07, 6.45) is 0.236. The summed E-state index contributed by atoms with van der Waals surface area (Å²) in [5.74, 6) is -0.823. The van der Waals surface area contributed by atoms with Crippen LogP contribution < -0.4 is 5.32 Å².